The van der Waals surface area contributed by atoms with Gasteiger partial charge in [0.05, 0.1) is 12.7 Å². The lowest BCUT2D eigenvalue weighted by atomic mass is 10.1. The van der Waals surface area contributed by atoms with E-state index in [1.807, 2.05) is 31.2 Å². The SMILES string of the molecule is CC1CCC(C(=O)Nc2cccc(C#CCCO)c2)O1. The number of amides is 1. The lowest BCUT2D eigenvalue weighted by Crippen LogP contribution is -2.27. The molecule has 1 saturated heterocycles. The molecule has 0 radical (unpaired) electrons. The fourth-order valence-electron chi connectivity index (χ4n) is 2.11. The molecule has 2 rings (SSSR count). The number of rotatable bonds is 3. The summed E-state index contributed by atoms with van der Waals surface area (Å²) >= 11 is 0. The number of hydrogen-bond donors (Lipinski definition) is 2. The van der Waals surface area contributed by atoms with Crippen LogP contribution in [0.4, 0.5) is 5.69 Å². The molecular formula is C16H19NO3. The van der Waals surface area contributed by atoms with Gasteiger partial charge in [-0.25, -0.2) is 0 Å². The third-order valence-corrected chi connectivity index (χ3v) is 3.12. The monoisotopic (exact) mass is 273 g/mol. The molecule has 0 aromatic heterocycles. The Morgan fingerprint density at radius 2 is 2.35 bits per heavy atom. The van der Waals surface area contributed by atoms with Crippen LogP contribution in [0.1, 0.15) is 31.7 Å². The van der Waals surface area contributed by atoms with Gasteiger partial charge < -0.3 is 15.2 Å². The summed E-state index contributed by atoms with van der Waals surface area (Å²) in [6.45, 7) is 2.03. The number of anilines is 1. The van der Waals surface area contributed by atoms with Gasteiger partial charge in [-0.1, -0.05) is 17.9 Å². The molecule has 20 heavy (non-hydrogen) atoms. The lowest BCUT2D eigenvalue weighted by Gasteiger charge is -2.11. The summed E-state index contributed by atoms with van der Waals surface area (Å²) in [5.74, 6) is 5.70. The summed E-state index contributed by atoms with van der Waals surface area (Å²) in [6, 6.07) is 7.36. The molecule has 2 atom stereocenters. The molecule has 0 bridgehead atoms. The fraction of sp³-hybridized carbons (Fsp3) is 0.438. The van der Waals surface area contributed by atoms with Gasteiger partial charge in [-0.3, -0.25) is 4.79 Å². The van der Waals surface area contributed by atoms with Crippen LogP contribution in [0.15, 0.2) is 24.3 Å². The largest absolute Gasteiger partial charge is 0.395 e. The first-order valence-electron chi connectivity index (χ1n) is 6.85. The van der Waals surface area contributed by atoms with Crippen LogP contribution in [0, 0.1) is 11.8 Å². The van der Waals surface area contributed by atoms with E-state index in [4.69, 9.17) is 9.84 Å². The zero-order valence-electron chi connectivity index (χ0n) is 11.6. The molecule has 1 heterocycles. The maximum absolute atomic E-state index is 12.0. The Morgan fingerprint density at radius 1 is 1.50 bits per heavy atom. The molecule has 4 heteroatoms. The van der Waals surface area contributed by atoms with Crippen LogP contribution in [-0.4, -0.2) is 29.8 Å². The van der Waals surface area contributed by atoms with Gasteiger partial charge >= 0.3 is 0 Å². The number of carbonyl (C=O) groups excluding carboxylic acids is 1. The Balaban J connectivity index is 1.97. The van der Waals surface area contributed by atoms with Crippen molar-refractivity contribution in [2.24, 2.45) is 0 Å². The quantitative estimate of drug-likeness (QED) is 0.827. The van der Waals surface area contributed by atoms with Crippen molar-refractivity contribution in [3.05, 3.63) is 29.8 Å². The molecule has 1 aromatic rings. The van der Waals surface area contributed by atoms with E-state index in [0.29, 0.717) is 12.1 Å². The fourth-order valence-corrected chi connectivity index (χ4v) is 2.11. The minimum absolute atomic E-state index is 0.0562. The summed E-state index contributed by atoms with van der Waals surface area (Å²) in [4.78, 5) is 12.0. The number of aliphatic hydroxyl groups is 1. The second-order valence-electron chi connectivity index (χ2n) is 4.86. The predicted molar refractivity (Wildman–Crippen MR) is 77.2 cm³/mol. The van der Waals surface area contributed by atoms with E-state index >= 15 is 0 Å². The van der Waals surface area contributed by atoms with Crippen molar-refractivity contribution in [1.29, 1.82) is 0 Å². The molecule has 1 aliphatic heterocycles. The van der Waals surface area contributed by atoms with Crippen LogP contribution >= 0.6 is 0 Å². The third kappa shape index (κ3) is 4.09. The number of carbonyl (C=O) groups is 1. The van der Waals surface area contributed by atoms with Crippen LogP contribution in [0.5, 0.6) is 0 Å². The van der Waals surface area contributed by atoms with Crippen molar-refractivity contribution in [2.75, 3.05) is 11.9 Å². The van der Waals surface area contributed by atoms with Crippen molar-refractivity contribution >= 4 is 11.6 Å². The highest BCUT2D eigenvalue weighted by molar-refractivity contribution is 5.94. The molecule has 1 aromatic carbocycles. The standard InChI is InChI=1S/C16H19NO3/c1-12-8-9-15(20-12)16(19)17-14-7-4-6-13(11-14)5-2-3-10-18/h4,6-7,11-12,15,18H,3,8-10H2,1H3,(H,17,19). The molecule has 0 spiro atoms. The highest BCUT2D eigenvalue weighted by atomic mass is 16.5. The van der Waals surface area contributed by atoms with E-state index in [1.54, 1.807) is 0 Å². The number of hydrogen-bond acceptors (Lipinski definition) is 3. The smallest absolute Gasteiger partial charge is 0.253 e. The zero-order valence-corrected chi connectivity index (χ0v) is 11.6. The molecule has 0 saturated carbocycles. The first kappa shape index (κ1) is 14.6. The molecule has 1 amide bonds. The van der Waals surface area contributed by atoms with Crippen molar-refractivity contribution in [3.63, 3.8) is 0 Å². The highest BCUT2D eigenvalue weighted by Crippen LogP contribution is 2.20. The average Bonchev–Trinajstić information content (AvgIpc) is 2.86. The molecule has 2 N–H and O–H groups in total. The zero-order chi connectivity index (χ0) is 14.4. The van der Waals surface area contributed by atoms with Crippen LogP contribution in [0.25, 0.3) is 0 Å². The number of nitrogens with one attached hydrogen (secondary N) is 1. The topological polar surface area (TPSA) is 58.6 Å². The molecular weight excluding hydrogens is 254 g/mol. The summed E-state index contributed by atoms with van der Waals surface area (Å²) in [5.41, 5.74) is 1.53. The maximum atomic E-state index is 12.0. The molecule has 106 valence electrons. The Hall–Kier alpha value is -1.83. The minimum Gasteiger partial charge on any atom is -0.395 e. The summed E-state index contributed by atoms with van der Waals surface area (Å²) < 4.78 is 5.54. The van der Waals surface area contributed by atoms with E-state index in [2.05, 4.69) is 17.2 Å². The Labute approximate surface area is 119 Å². The average molecular weight is 273 g/mol. The maximum Gasteiger partial charge on any atom is 0.253 e. The Morgan fingerprint density at radius 3 is 3.05 bits per heavy atom. The van der Waals surface area contributed by atoms with Crippen LogP contribution in [0.3, 0.4) is 0 Å². The second-order valence-corrected chi connectivity index (χ2v) is 4.86. The second kappa shape index (κ2) is 7.09. The van der Waals surface area contributed by atoms with Crippen LogP contribution < -0.4 is 5.32 Å². The normalized spacial score (nSPS) is 21.1. The summed E-state index contributed by atoms with van der Waals surface area (Å²) in [7, 11) is 0. The van der Waals surface area contributed by atoms with Crippen LogP contribution in [0.2, 0.25) is 0 Å². The molecule has 0 aliphatic carbocycles. The molecule has 4 nitrogen and oxygen atoms in total. The van der Waals surface area contributed by atoms with Gasteiger partial charge in [0.15, 0.2) is 0 Å². The van der Waals surface area contributed by atoms with Gasteiger partial charge in [-0.2, -0.15) is 0 Å². The number of benzene rings is 1. The van der Waals surface area contributed by atoms with Gasteiger partial charge in [-0.05, 0) is 38.0 Å². The van der Waals surface area contributed by atoms with E-state index in [9.17, 15) is 4.79 Å². The number of ether oxygens (including phenoxy) is 1. The molecule has 2 unspecified atom stereocenters. The van der Waals surface area contributed by atoms with Crippen molar-refractivity contribution in [2.45, 2.75) is 38.4 Å². The molecule has 1 fully saturated rings. The Bertz CT molecular complexity index is 530. The van der Waals surface area contributed by atoms with Gasteiger partial charge in [-0.15, -0.1) is 0 Å². The van der Waals surface area contributed by atoms with E-state index in [0.717, 1.165) is 18.4 Å². The minimum atomic E-state index is -0.353. The van der Waals surface area contributed by atoms with Gasteiger partial charge in [0.1, 0.15) is 6.10 Å². The number of aliphatic hydroxyl groups excluding tert-OH is 1. The van der Waals surface area contributed by atoms with E-state index < -0.39 is 0 Å². The van der Waals surface area contributed by atoms with Crippen molar-refractivity contribution in [3.8, 4) is 11.8 Å². The van der Waals surface area contributed by atoms with Crippen molar-refractivity contribution in [1.82, 2.24) is 0 Å². The van der Waals surface area contributed by atoms with E-state index in [1.165, 1.54) is 0 Å². The summed E-state index contributed by atoms with van der Waals surface area (Å²) in [6.07, 6.45) is 1.94. The lowest BCUT2D eigenvalue weighted by molar-refractivity contribution is -0.126. The summed E-state index contributed by atoms with van der Waals surface area (Å²) in [5, 5.41) is 11.5. The third-order valence-electron chi connectivity index (χ3n) is 3.12. The van der Waals surface area contributed by atoms with Crippen molar-refractivity contribution < 1.29 is 14.6 Å². The Kier molecular flexibility index (Phi) is 5.16. The first-order chi connectivity index (χ1) is 9.69. The first-order valence-corrected chi connectivity index (χ1v) is 6.85. The van der Waals surface area contributed by atoms with Gasteiger partial charge in [0.25, 0.3) is 5.91 Å². The van der Waals surface area contributed by atoms with Gasteiger partial charge in [0.2, 0.25) is 0 Å². The molecule has 1 aliphatic rings. The predicted octanol–water partition coefficient (Wildman–Crippen LogP) is 1.93. The van der Waals surface area contributed by atoms with Gasteiger partial charge in [0, 0.05) is 17.7 Å². The van der Waals surface area contributed by atoms with Crippen LogP contribution in [-0.2, 0) is 9.53 Å². The van der Waals surface area contributed by atoms with E-state index in [-0.39, 0.29) is 24.7 Å². The highest BCUT2D eigenvalue weighted by Gasteiger charge is 2.28.